The lowest BCUT2D eigenvalue weighted by Gasteiger charge is -2.20. The molecule has 1 aromatic rings. The molecule has 1 atom stereocenters. The smallest absolute Gasteiger partial charge is 0.191 e. The highest BCUT2D eigenvalue weighted by Gasteiger charge is 2.07. The van der Waals surface area contributed by atoms with E-state index in [2.05, 4.69) is 46.3 Å². The number of aromatic nitrogens is 2. The van der Waals surface area contributed by atoms with Gasteiger partial charge in [0, 0.05) is 19.2 Å². The molecular formula is C15H29N5S. The van der Waals surface area contributed by atoms with E-state index in [4.69, 9.17) is 0 Å². The normalized spacial score (nSPS) is 12.5. The van der Waals surface area contributed by atoms with Crippen molar-refractivity contribution in [2.45, 2.75) is 44.8 Å². The van der Waals surface area contributed by atoms with E-state index in [1.54, 1.807) is 11.8 Å². The molecule has 1 aromatic heterocycles. The molecule has 1 rings (SSSR count). The van der Waals surface area contributed by atoms with Gasteiger partial charge in [0.1, 0.15) is 11.6 Å². The molecule has 0 bridgehead atoms. The van der Waals surface area contributed by atoms with Crippen LogP contribution >= 0.6 is 11.8 Å². The van der Waals surface area contributed by atoms with Crippen LogP contribution in [0.3, 0.4) is 0 Å². The Bertz CT molecular complexity index is 387. The zero-order chi connectivity index (χ0) is 15.7. The van der Waals surface area contributed by atoms with Crippen molar-refractivity contribution in [1.82, 2.24) is 14.9 Å². The van der Waals surface area contributed by atoms with Gasteiger partial charge in [-0.15, -0.1) is 0 Å². The van der Waals surface area contributed by atoms with E-state index in [1.165, 1.54) is 13.0 Å². The first-order chi connectivity index (χ1) is 10.1. The lowest BCUT2D eigenvalue weighted by Crippen LogP contribution is -2.25. The maximum absolute atomic E-state index is 4.51. The first kappa shape index (κ1) is 18.0. The van der Waals surface area contributed by atoms with Crippen LogP contribution in [0.15, 0.2) is 11.2 Å². The fourth-order valence-corrected chi connectivity index (χ4v) is 2.58. The van der Waals surface area contributed by atoms with Crippen LogP contribution in [0.5, 0.6) is 0 Å². The average molecular weight is 311 g/mol. The van der Waals surface area contributed by atoms with Crippen molar-refractivity contribution >= 4 is 23.4 Å². The van der Waals surface area contributed by atoms with E-state index >= 15 is 0 Å². The molecule has 2 N–H and O–H groups in total. The Morgan fingerprint density at radius 3 is 2.48 bits per heavy atom. The first-order valence-electron chi connectivity index (χ1n) is 7.72. The second kappa shape index (κ2) is 9.84. The van der Waals surface area contributed by atoms with Gasteiger partial charge in [-0.2, -0.15) is 0 Å². The summed E-state index contributed by atoms with van der Waals surface area (Å²) in [5, 5.41) is 7.35. The highest BCUT2D eigenvalue weighted by atomic mass is 32.2. The van der Waals surface area contributed by atoms with E-state index in [1.807, 2.05) is 19.4 Å². The molecule has 0 aliphatic rings. The minimum absolute atomic E-state index is 0.412. The van der Waals surface area contributed by atoms with E-state index in [0.29, 0.717) is 6.04 Å². The summed E-state index contributed by atoms with van der Waals surface area (Å²) in [6.45, 7) is 10.1. The first-order valence-corrected chi connectivity index (χ1v) is 8.95. The highest BCUT2D eigenvalue weighted by Crippen LogP contribution is 2.18. The van der Waals surface area contributed by atoms with Gasteiger partial charge in [0.25, 0.3) is 0 Å². The molecule has 120 valence electrons. The van der Waals surface area contributed by atoms with E-state index in [-0.39, 0.29) is 0 Å². The molecule has 0 aliphatic heterocycles. The fraction of sp³-hybridized carbons (Fsp3) is 0.733. The predicted octanol–water partition coefficient (Wildman–Crippen LogP) is 3.16. The summed E-state index contributed by atoms with van der Waals surface area (Å²) < 4.78 is 0. The number of hydrogen-bond acceptors (Lipinski definition) is 6. The average Bonchev–Trinajstić information content (AvgIpc) is 2.51. The monoisotopic (exact) mass is 311 g/mol. The Balaban J connectivity index is 2.48. The summed E-state index contributed by atoms with van der Waals surface area (Å²) >= 11 is 1.56. The number of nitrogens with one attached hydrogen (secondary N) is 2. The van der Waals surface area contributed by atoms with Gasteiger partial charge < -0.3 is 15.5 Å². The van der Waals surface area contributed by atoms with Crippen LogP contribution in [0.4, 0.5) is 11.6 Å². The van der Waals surface area contributed by atoms with Gasteiger partial charge in [-0.25, -0.2) is 9.97 Å². The molecule has 0 fully saturated rings. The number of nitrogens with zero attached hydrogens (tertiary/aromatic N) is 3. The highest BCUT2D eigenvalue weighted by molar-refractivity contribution is 7.98. The van der Waals surface area contributed by atoms with Gasteiger partial charge in [0.2, 0.25) is 0 Å². The SMILES string of the molecule is CCN(CC)CCCC(C)Nc1cc(NC)nc(SC)n1. The lowest BCUT2D eigenvalue weighted by atomic mass is 10.1. The van der Waals surface area contributed by atoms with Gasteiger partial charge in [-0.1, -0.05) is 25.6 Å². The molecule has 1 heterocycles. The van der Waals surface area contributed by atoms with Crippen LogP contribution in [-0.2, 0) is 0 Å². The molecule has 21 heavy (non-hydrogen) atoms. The molecule has 6 heteroatoms. The summed E-state index contributed by atoms with van der Waals surface area (Å²) in [5.74, 6) is 1.75. The van der Waals surface area contributed by atoms with Gasteiger partial charge in [0.05, 0.1) is 0 Å². The number of hydrogen-bond donors (Lipinski definition) is 2. The standard InChI is InChI=1S/C15H29N5S/c1-6-20(7-2)10-8-9-12(3)17-14-11-13(16-4)18-15(19-14)21-5/h11-12H,6-10H2,1-5H3,(H2,16,17,18,19). The Labute approximate surface area is 133 Å². The second-order valence-corrected chi connectivity index (χ2v) is 5.86. The van der Waals surface area contributed by atoms with Gasteiger partial charge in [-0.3, -0.25) is 0 Å². The number of rotatable bonds is 10. The predicted molar refractivity (Wildman–Crippen MR) is 93.5 cm³/mol. The number of anilines is 2. The summed E-state index contributed by atoms with van der Waals surface area (Å²) in [6.07, 6.45) is 4.34. The molecule has 0 aromatic carbocycles. The quantitative estimate of drug-likeness (QED) is 0.511. The van der Waals surface area contributed by atoms with Crippen LogP contribution in [0.25, 0.3) is 0 Å². The Morgan fingerprint density at radius 1 is 1.24 bits per heavy atom. The van der Waals surface area contributed by atoms with Crippen LogP contribution in [-0.4, -0.2) is 53.8 Å². The Kier molecular flexibility index (Phi) is 8.45. The van der Waals surface area contributed by atoms with Crippen molar-refractivity contribution in [3.63, 3.8) is 0 Å². The molecular weight excluding hydrogens is 282 g/mol. The zero-order valence-corrected chi connectivity index (χ0v) is 14.8. The van der Waals surface area contributed by atoms with Crippen molar-refractivity contribution in [3.05, 3.63) is 6.07 Å². The topological polar surface area (TPSA) is 53.1 Å². The van der Waals surface area contributed by atoms with Crippen LogP contribution in [0.2, 0.25) is 0 Å². The maximum Gasteiger partial charge on any atom is 0.191 e. The fourth-order valence-electron chi connectivity index (χ4n) is 2.20. The minimum atomic E-state index is 0.412. The van der Waals surface area contributed by atoms with E-state index in [0.717, 1.165) is 36.3 Å². The van der Waals surface area contributed by atoms with Crippen molar-refractivity contribution < 1.29 is 0 Å². The Hall–Kier alpha value is -1.01. The second-order valence-electron chi connectivity index (χ2n) is 5.09. The molecule has 0 radical (unpaired) electrons. The third kappa shape index (κ3) is 6.52. The molecule has 0 saturated carbocycles. The number of thioether (sulfide) groups is 1. The summed E-state index contributed by atoms with van der Waals surface area (Å²) in [6, 6.07) is 2.37. The van der Waals surface area contributed by atoms with Crippen LogP contribution in [0, 0.1) is 0 Å². The van der Waals surface area contributed by atoms with E-state index < -0.39 is 0 Å². The molecule has 0 aliphatic carbocycles. The maximum atomic E-state index is 4.51. The molecule has 5 nitrogen and oxygen atoms in total. The lowest BCUT2D eigenvalue weighted by molar-refractivity contribution is 0.295. The summed E-state index contributed by atoms with van der Waals surface area (Å²) in [4.78, 5) is 11.3. The largest absolute Gasteiger partial charge is 0.373 e. The van der Waals surface area contributed by atoms with Crippen molar-refractivity contribution in [3.8, 4) is 0 Å². The van der Waals surface area contributed by atoms with Gasteiger partial charge in [-0.05, 0) is 45.7 Å². The molecule has 0 saturated heterocycles. The van der Waals surface area contributed by atoms with Gasteiger partial charge >= 0.3 is 0 Å². The van der Waals surface area contributed by atoms with E-state index in [9.17, 15) is 0 Å². The Morgan fingerprint density at radius 2 is 1.90 bits per heavy atom. The molecule has 0 amide bonds. The molecule has 1 unspecified atom stereocenters. The minimum Gasteiger partial charge on any atom is -0.373 e. The van der Waals surface area contributed by atoms with Crippen LogP contribution in [0.1, 0.15) is 33.6 Å². The van der Waals surface area contributed by atoms with Crippen molar-refractivity contribution in [2.24, 2.45) is 0 Å². The van der Waals surface area contributed by atoms with Crippen molar-refractivity contribution in [2.75, 3.05) is 43.6 Å². The third-order valence-corrected chi connectivity index (χ3v) is 4.09. The van der Waals surface area contributed by atoms with Gasteiger partial charge in [0.15, 0.2) is 5.16 Å². The third-order valence-electron chi connectivity index (χ3n) is 3.54. The summed E-state index contributed by atoms with van der Waals surface area (Å²) in [7, 11) is 1.88. The summed E-state index contributed by atoms with van der Waals surface area (Å²) in [5.41, 5.74) is 0. The molecule has 0 spiro atoms. The zero-order valence-electron chi connectivity index (χ0n) is 13.9. The van der Waals surface area contributed by atoms with Crippen LogP contribution < -0.4 is 10.6 Å². The van der Waals surface area contributed by atoms with Crippen molar-refractivity contribution in [1.29, 1.82) is 0 Å².